The predicted molar refractivity (Wildman–Crippen MR) is 92.4 cm³/mol. The van der Waals surface area contributed by atoms with Crippen molar-refractivity contribution in [2.45, 2.75) is 24.3 Å². The maximum Gasteiger partial charge on any atom is 0.287 e. The second-order valence-electron chi connectivity index (χ2n) is 5.42. The summed E-state index contributed by atoms with van der Waals surface area (Å²) in [5, 5.41) is 3.84. The van der Waals surface area contributed by atoms with Crippen LogP contribution in [0.1, 0.15) is 23.2 Å². The summed E-state index contributed by atoms with van der Waals surface area (Å²) in [6.45, 7) is 0.274. The zero-order valence-electron chi connectivity index (χ0n) is 12.9. The van der Waals surface area contributed by atoms with Crippen molar-refractivity contribution in [1.82, 2.24) is 14.1 Å². The van der Waals surface area contributed by atoms with E-state index in [0.717, 1.165) is 8.99 Å². The van der Waals surface area contributed by atoms with Crippen molar-refractivity contribution in [3.63, 3.8) is 0 Å². The van der Waals surface area contributed by atoms with Gasteiger partial charge in [0.25, 0.3) is 21.5 Å². The Bertz CT molecular complexity index is 1000. The van der Waals surface area contributed by atoms with E-state index in [0.29, 0.717) is 12.8 Å². The average molecular weight is 402 g/mol. The molecule has 10 heteroatoms. The molecule has 0 aliphatic carbocycles. The van der Waals surface area contributed by atoms with Gasteiger partial charge >= 0.3 is 0 Å². The Kier molecular flexibility index (Phi) is 4.86. The number of sulfonamides is 1. The second kappa shape index (κ2) is 6.78. The van der Waals surface area contributed by atoms with Crippen molar-refractivity contribution >= 4 is 39.1 Å². The van der Waals surface area contributed by atoms with Crippen molar-refractivity contribution < 1.29 is 13.2 Å². The molecule has 1 aromatic carbocycles. The fourth-order valence-electron chi connectivity index (χ4n) is 2.57. The molecule has 0 saturated heterocycles. The van der Waals surface area contributed by atoms with Gasteiger partial charge in [0.15, 0.2) is 0 Å². The Morgan fingerprint density at radius 1 is 1.04 bits per heavy atom. The topological polar surface area (TPSA) is 89.3 Å². The number of aromatic nitrogens is 2. The Morgan fingerprint density at radius 2 is 1.72 bits per heavy atom. The summed E-state index contributed by atoms with van der Waals surface area (Å²) < 4.78 is 26.8. The number of aryl methyl sites for hydroxylation is 1. The van der Waals surface area contributed by atoms with Gasteiger partial charge in [-0.1, -0.05) is 35.3 Å². The van der Waals surface area contributed by atoms with Crippen LogP contribution < -0.4 is 5.56 Å². The molecule has 0 spiro atoms. The highest BCUT2D eigenvalue weighted by Gasteiger charge is 2.40. The van der Waals surface area contributed by atoms with Gasteiger partial charge in [-0.25, -0.2) is 17.4 Å². The molecule has 1 aliphatic heterocycles. The number of amides is 1. The molecule has 3 rings (SSSR count). The first-order chi connectivity index (χ1) is 11.8. The highest BCUT2D eigenvalue weighted by Crippen LogP contribution is 2.30. The van der Waals surface area contributed by atoms with E-state index in [1.165, 1.54) is 18.3 Å². The van der Waals surface area contributed by atoms with E-state index in [2.05, 4.69) is 5.10 Å². The van der Waals surface area contributed by atoms with Gasteiger partial charge in [-0.2, -0.15) is 5.10 Å². The van der Waals surface area contributed by atoms with Crippen LogP contribution in [0.15, 0.2) is 40.2 Å². The van der Waals surface area contributed by atoms with Crippen molar-refractivity contribution in [3.8, 4) is 0 Å². The summed E-state index contributed by atoms with van der Waals surface area (Å²) in [5.74, 6) is -0.527. The third-order valence-corrected chi connectivity index (χ3v) is 6.42. The van der Waals surface area contributed by atoms with Crippen molar-refractivity contribution in [2.75, 3.05) is 6.54 Å². The summed E-state index contributed by atoms with van der Waals surface area (Å²) in [6.07, 6.45) is 2.10. The number of hydrogen-bond acceptors (Lipinski definition) is 5. The van der Waals surface area contributed by atoms with Crippen LogP contribution in [0.3, 0.4) is 0 Å². The number of hydrogen-bond donors (Lipinski definition) is 0. The first-order valence-electron chi connectivity index (χ1n) is 7.41. The first kappa shape index (κ1) is 17.9. The highest BCUT2D eigenvalue weighted by atomic mass is 35.5. The van der Waals surface area contributed by atoms with Gasteiger partial charge in [0.2, 0.25) is 0 Å². The van der Waals surface area contributed by atoms with Gasteiger partial charge in [-0.3, -0.25) is 9.59 Å². The summed E-state index contributed by atoms with van der Waals surface area (Å²) in [6, 6.07) is 6.11. The number of nitrogens with zero attached hydrogens (tertiary/aromatic N) is 3. The second-order valence-corrected chi connectivity index (χ2v) is 8.04. The molecular weight excluding hydrogens is 389 g/mol. The van der Waals surface area contributed by atoms with E-state index >= 15 is 0 Å². The monoisotopic (exact) mass is 401 g/mol. The molecule has 25 heavy (non-hydrogen) atoms. The molecule has 2 heterocycles. The van der Waals surface area contributed by atoms with Crippen molar-refractivity contribution in [1.29, 1.82) is 0 Å². The van der Waals surface area contributed by atoms with Crippen LogP contribution in [-0.2, 0) is 16.6 Å². The van der Waals surface area contributed by atoms with E-state index < -0.39 is 21.5 Å². The van der Waals surface area contributed by atoms with Gasteiger partial charge < -0.3 is 0 Å². The lowest BCUT2D eigenvalue weighted by atomic mass is 10.2. The minimum atomic E-state index is -3.80. The molecule has 0 bridgehead atoms. The molecule has 1 aromatic heterocycles. The molecule has 2 aromatic rings. The molecule has 0 N–H and O–H groups in total. The minimum absolute atomic E-state index is 0.0300. The van der Waals surface area contributed by atoms with Crippen LogP contribution >= 0.6 is 23.2 Å². The Labute approximate surface area is 153 Å². The molecule has 7 nitrogen and oxygen atoms in total. The standard InChI is InChI=1S/C15H13Cl2N3O4S/c16-11-9-18-19(15(22)13(11)17)7-3-4-8-20-14(21)10-5-1-2-6-12(10)25(20,23)24/h1-2,5-6,9H,3-4,7-8H2. The summed E-state index contributed by atoms with van der Waals surface area (Å²) in [4.78, 5) is 24.2. The highest BCUT2D eigenvalue weighted by molar-refractivity contribution is 7.90. The Balaban J connectivity index is 1.65. The van der Waals surface area contributed by atoms with E-state index in [1.54, 1.807) is 12.1 Å². The maximum absolute atomic E-state index is 12.4. The molecule has 132 valence electrons. The number of carbonyl (C=O) groups excluding carboxylic acids is 1. The van der Waals surface area contributed by atoms with Gasteiger partial charge in [-0.15, -0.1) is 0 Å². The van der Waals surface area contributed by atoms with Crippen LogP contribution in [0.25, 0.3) is 0 Å². The van der Waals surface area contributed by atoms with Crippen LogP contribution in [0.2, 0.25) is 10.0 Å². The number of carbonyl (C=O) groups is 1. The molecule has 0 fully saturated rings. The molecule has 0 saturated carbocycles. The maximum atomic E-state index is 12.4. The average Bonchev–Trinajstić information content (AvgIpc) is 2.79. The Hall–Kier alpha value is -1.90. The van der Waals surface area contributed by atoms with Crippen LogP contribution in [0, 0.1) is 0 Å². The van der Waals surface area contributed by atoms with Gasteiger partial charge in [-0.05, 0) is 25.0 Å². The van der Waals surface area contributed by atoms with Gasteiger partial charge in [0, 0.05) is 13.1 Å². The van der Waals surface area contributed by atoms with Gasteiger partial charge in [0.05, 0.1) is 16.8 Å². The molecule has 1 aliphatic rings. The summed E-state index contributed by atoms with van der Waals surface area (Å²) in [7, 11) is -3.80. The Morgan fingerprint density at radius 3 is 2.44 bits per heavy atom. The third kappa shape index (κ3) is 3.17. The predicted octanol–water partition coefficient (Wildman–Crippen LogP) is 2.17. The lowest BCUT2D eigenvalue weighted by Crippen LogP contribution is -2.31. The lowest BCUT2D eigenvalue weighted by Gasteiger charge is -2.15. The largest absolute Gasteiger partial charge is 0.287 e. The molecule has 0 unspecified atom stereocenters. The molecule has 0 radical (unpaired) electrons. The normalized spacial score (nSPS) is 15.4. The molecule has 1 amide bonds. The third-order valence-electron chi connectivity index (χ3n) is 3.84. The number of halogens is 2. The number of rotatable bonds is 5. The van der Waals surface area contributed by atoms with Crippen molar-refractivity contribution in [2.24, 2.45) is 0 Å². The zero-order valence-corrected chi connectivity index (χ0v) is 15.2. The fourth-order valence-corrected chi connectivity index (χ4v) is 4.45. The smallest absolute Gasteiger partial charge is 0.268 e. The zero-order chi connectivity index (χ0) is 18.2. The van der Waals surface area contributed by atoms with Crippen LogP contribution in [0.4, 0.5) is 0 Å². The van der Waals surface area contributed by atoms with Gasteiger partial charge in [0.1, 0.15) is 9.92 Å². The number of benzene rings is 1. The SMILES string of the molecule is O=C1c2ccccc2S(=O)(=O)N1CCCCn1ncc(Cl)c(Cl)c1=O. The van der Waals surface area contributed by atoms with E-state index in [4.69, 9.17) is 23.2 Å². The quantitative estimate of drug-likeness (QED) is 0.716. The fraction of sp³-hybridized carbons (Fsp3) is 0.267. The van der Waals surface area contributed by atoms with E-state index in [1.807, 2.05) is 0 Å². The lowest BCUT2D eigenvalue weighted by molar-refractivity contribution is 0.0869. The first-order valence-corrected chi connectivity index (χ1v) is 9.61. The minimum Gasteiger partial charge on any atom is -0.268 e. The summed E-state index contributed by atoms with van der Waals surface area (Å²) in [5.41, 5.74) is -0.323. The number of unbranched alkanes of at least 4 members (excludes halogenated alkanes) is 1. The van der Waals surface area contributed by atoms with E-state index in [9.17, 15) is 18.0 Å². The van der Waals surface area contributed by atoms with Crippen LogP contribution in [0.5, 0.6) is 0 Å². The summed E-state index contributed by atoms with van der Waals surface area (Å²) >= 11 is 11.5. The van der Waals surface area contributed by atoms with Crippen LogP contribution in [-0.4, -0.2) is 35.0 Å². The molecular formula is C15H13Cl2N3O4S. The van der Waals surface area contributed by atoms with E-state index in [-0.39, 0.29) is 33.6 Å². The molecule has 0 atom stereocenters. The van der Waals surface area contributed by atoms with Crippen molar-refractivity contribution in [3.05, 3.63) is 56.4 Å². The number of fused-ring (bicyclic) bond motifs is 1.